The standard InChI is InChI=1S/C19H30N4O/c1-22-13-8-18(9-14-22)23-12-4-5-16(15-23)19(24)21-11-7-17-6-2-3-10-20-17/h2-3,6,10,16,18H,4-5,7-9,11-15H2,1H3,(H,21,24)/t16-/m1/s1. The first-order chi connectivity index (χ1) is 11.7. The summed E-state index contributed by atoms with van der Waals surface area (Å²) < 4.78 is 0. The SMILES string of the molecule is CN1CCC(N2CCC[C@@H](C(=O)NCCc3ccccn3)C2)CC1. The first-order valence-corrected chi connectivity index (χ1v) is 9.32. The van der Waals surface area contributed by atoms with Crippen LogP contribution >= 0.6 is 0 Å². The lowest BCUT2D eigenvalue weighted by Gasteiger charge is -2.41. The maximum atomic E-state index is 12.5. The van der Waals surface area contributed by atoms with Crippen LogP contribution in [-0.2, 0) is 11.2 Å². The van der Waals surface area contributed by atoms with Gasteiger partial charge in [-0.15, -0.1) is 0 Å². The van der Waals surface area contributed by atoms with E-state index >= 15 is 0 Å². The molecule has 0 aliphatic carbocycles. The molecule has 1 atom stereocenters. The van der Waals surface area contributed by atoms with Gasteiger partial charge in [0, 0.05) is 37.4 Å². The molecule has 132 valence electrons. The predicted molar refractivity (Wildman–Crippen MR) is 95.8 cm³/mol. The number of carbonyl (C=O) groups is 1. The van der Waals surface area contributed by atoms with Crippen molar-refractivity contribution in [1.82, 2.24) is 20.1 Å². The van der Waals surface area contributed by atoms with E-state index in [4.69, 9.17) is 0 Å². The molecule has 24 heavy (non-hydrogen) atoms. The molecule has 0 unspecified atom stereocenters. The van der Waals surface area contributed by atoms with E-state index < -0.39 is 0 Å². The summed E-state index contributed by atoms with van der Waals surface area (Å²) in [4.78, 5) is 21.8. The Morgan fingerprint density at radius 1 is 1.25 bits per heavy atom. The molecule has 3 heterocycles. The van der Waals surface area contributed by atoms with Gasteiger partial charge in [-0.1, -0.05) is 6.07 Å². The largest absolute Gasteiger partial charge is 0.355 e. The topological polar surface area (TPSA) is 48.5 Å². The molecule has 0 saturated carbocycles. The van der Waals surface area contributed by atoms with Crippen LogP contribution in [0.5, 0.6) is 0 Å². The number of aromatic nitrogens is 1. The fraction of sp³-hybridized carbons (Fsp3) is 0.684. The Bertz CT molecular complexity index is 513. The van der Waals surface area contributed by atoms with Gasteiger partial charge in [0.05, 0.1) is 5.92 Å². The average molecular weight is 330 g/mol. The van der Waals surface area contributed by atoms with Crippen molar-refractivity contribution in [2.24, 2.45) is 5.92 Å². The van der Waals surface area contributed by atoms with Gasteiger partial charge in [0.1, 0.15) is 0 Å². The molecule has 0 aromatic carbocycles. The van der Waals surface area contributed by atoms with Crippen LogP contribution in [0.25, 0.3) is 0 Å². The number of hydrogen-bond acceptors (Lipinski definition) is 4. The molecule has 0 spiro atoms. The Morgan fingerprint density at radius 2 is 2.08 bits per heavy atom. The van der Waals surface area contributed by atoms with Crippen molar-refractivity contribution in [2.45, 2.75) is 38.1 Å². The molecule has 5 heteroatoms. The summed E-state index contributed by atoms with van der Waals surface area (Å²) in [6, 6.07) is 6.59. The third kappa shape index (κ3) is 4.77. The number of carbonyl (C=O) groups excluding carboxylic acids is 1. The fourth-order valence-electron chi connectivity index (χ4n) is 3.92. The Labute approximate surface area is 145 Å². The number of nitrogens with zero attached hydrogens (tertiary/aromatic N) is 3. The molecular weight excluding hydrogens is 300 g/mol. The van der Waals surface area contributed by atoms with Crippen LogP contribution < -0.4 is 5.32 Å². The maximum Gasteiger partial charge on any atom is 0.224 e. The summed E-state index contributed by atoms with van der Waals surface area (Å²) in [7, 11) is 2.20. The first-order valence-electron chi connectivity index (χ1n) is 9.32. The van der Waals surface area contributed by atoms with E-state index in [1.165, 1.54) is 25.9 Å². The quantitative estimate of drug-likeness (QED) is 0.890. The average Bonchev–Trinajstić information content (AvgIpc) is 2.63. The van der Waals surface area contributed by atoms with Crippen LogP contribution in [0.3, 0.4) is 0 Å². The van der Waals surface area contributed by atoms with Crippen LogP contribution in [-0.4, -0.2) is 66.5 Å². The maximum absolute atomic E-state index is 12.5. The first kappa shape index (κ1) is 17.4. The normalized spacial score (nSPS) is 24.0. The lowest BCUT2D eigenvalue weighted by Crippen LogP contribution is -2.50. The fourth-order valence-corrected chi connectivity index (χ4v) is 3.92. The zero-order valence-electron chi connectivity index (χ0n) is 14.8. The Morgan fingerprint density at radius 3 is 2.83 bits per heavy atom. The predicted octanol–water partition coefficient (Wildman–Crippen LogP) is 1.55. The second kappa shape index (κ2) is 8.58. The highest BCUT2D eigenvalue weighted by molar-refractivity contribution is 5.78. The molecule has 2 fully saturated rings. The summed E-state index contributed by atoms with van der Waals surface area (Å²) in [5, 5.41) is 3.12. The Hall–Kier alpha value is -1.46. The van der Waals surface area contributed by atoms with Crippen LogP contribution in [0.1, 0.15) is 31.4 Å². The van der Waals surface area contributed by atoms with Gasteiger partial charge in [-0.2, -0.15) is 0 Å². The second-order valence-corrected chi connectivity index (χ2v) is 7.23. The van der Waals surface area contributed by atoms with Gasteiger partial charge in [-0.05, 0) is 64.5 Å². The molecule has 0 bridgehead atoms. The van der Waals surface area contributed by atoms with Crippen LogP contribution in [0, 0.1) is 5.92 Å². The van der Waals surface area contributed by atoms with Gasteiger partial charge in [0.2, 0.25) is 5.91 Å². The Kier molecular flexibility index (Phi) is 6.21. The zero-order valence-corrected chi connectivity index (χ0v) is 14.8. The molecule has 5 nitrogen and oxygen atoms in total. The minimum absolute atomic E-state index is 0.155. The van der Waals surface area contributed by atoms with Gasteiger partial charge in [-0.25, -0.2) is 0 Å². The molecule has 0 radical (unpaired) electrons. The molecule has 1 N–H and O–H groups in total. The molecule has 1 amide bonds. The van der Waals surface area contributed by atoms with E-state index in [0.717, 1.165) is 38.0 Å². The minimum Gasteiger partial charge on any atom is -0.355 e. The lowest BCUT2D eigenvalue weighted by atomic mass is 9.93. The van der Waals surface area contributed by atoms with Crippen LogP contribution in [0.4, 0.5) is 0 Å². The zero-order chi connectivity index (χ0) is 16.8. The molecule has 3 rings (SSSR count). The monoisotopic (exact) mass is 330 g/mol. The van der Waals surface area contributed by atoms with Crippen molar-refractivity contribution < 1.29 is 4.79 Å². The second-order valence-electron chi connectivity index (χ2n) is 7.23. The summed E-state index contributed by atoms with van der Waals surface area (Å²) in [6.07, 6.45) is 7.26. The molecule has 1 aromatic heterocycles. The molecule has 2 saturated heterocycles. The molecule has 1 aromatic rings. The van der Waals surface area contributed by atoms with E-state index in [9.17, 15) is 4.79 Å². The van der Waals surface area contributed by atoms with Gasteiger partial charge < -0.3 is 10.2 Å². The number of hydrogen-bond donors (Lipinski definition) is 1. The van der Waals surface area contributed by atoms with E-state index in [-0.39, 0.29) is 11.8 Å². The lowest BCUT2D eigenvalue weighted by molar-refractivity contribution is -0.127. The number of pyridine rings is 1. The third-order valence-electron chi connectivity index (χ3n) is 5.43. The molecule has 2 aliphatic rings. The van der Waals surface area contributed by atoms with Crippen LogP contribution in [0.15, 0.2) is 24.4 Å². The highest BCUT2D eigenvalue weighted by Crippen LogP contribution is 2.23. The number of nitrogens with one attached hydrogen (secondary N) is 1. The third-order valence-corrected chi connectivity index (χ3v) is 5.43. The highest BCUT2D eigenvalue weighted by atomic mass is 16.1. The van der Waals surface area contributed by atoms with Gasteiger partial charge in [0.15, 0.2) is 0 Å². The summed E-state index contributed by atoms with van der Waals surface area (Å²) >= 11 is 0. The van der Waals surface area contributed by atoms with Gasteiger partial charge in [-0.3, -0.25) is 14.7 Å². The Balaban J connectivity index is 1.43. The smallest absolute Gasteiger partial charge is 0.224 e. The van der Waals surface area contributed by atoms with E-state index in [1.54, 1.807) is 6.20 Å². The van der Waals surface area contributed by atoms with Gasteiger partial charge >= 0.3 is 0 Å². The van der Waals surface area contributed by atoms with Crippen molar-refractivity contribution in [1.29, 1.82) is 0 Å². The van der Waals surface area contributed by atoms with Crippen molar-refractivity contribution in [3.05, 3.63) is 30.1 Å². The number of piperidine rings is 2. The van der Waals surface area contributed by atoms with Crippen molar-refractivity contribution >= 4 is 5.91 Å². The van der Waals surface area contributed by atoms with Gasteiger partial charge in [0.25, 0.3) is 0 Å². The van der Waals surface area contributed by atoms with E-state index in [1.807, 2.05) is 18.2 Å². The summed E-state index contributed by atoms with van der Waals surface area (Å²) in [5.41, 5.74) is 1.04. The van der Waals surface area contributed by atoms with E-state index in [0.29, 0.717) is 12.6 Å². The summed E-state index contributed by atoms with van der Waals surface area (Å²) in [5.74, 6) is 0.380. The number of likely N-dealkylation sites (tertiary alicyclic amines) is 2. The minimum atomic E-state index is 0.155. The molecule has 2 aliphatic heterocycles. The van der Waals surface area contributed by atoms with E-state index in [2.05, 4.69) is 27.1 Å². The number of rotatable bonds is 5. The van der Waals surface area contributed by atoms with Crippen molar-refractivity contribution in [3.8, 4) is 0 Å². The summed E-state index contributed by atoms with van der Waals surface area (Å²) in [6.45, 7) is 5.14. The number of amides is 1. The van der Waals surface area contributed by atoms with Crippen molar-refractivity contribution in [3.63, 3.8) is 0 Å². The van der Waals surface area contributed by atoms with Crippen molar-refractivity contribution in [2.75, 3.05) is 39.8 Å². The highest BCUT2D eigenvalue weighted by Gasteiger charge is 2.30. The van der Waals surface area contributed by atoms with Crippen LogP contribution in [0.2, 0.25) is 0 Å². The molecular formula is C19H30N4O.